The molecular formula is C12H15ClO3. The standard InChI is InChI=1S/C12H15ClO3/c1-9(14)10-4-5-11(12(8-10)15-2)16-7-3-6-13/h3-6,8-9,14H,7H2,1-2H3/t9-/m0/s1. The van der Waals surface area contributed by atoms with E-state index < -0.39 is 6.10 Å². The van der Waals surface area contributed by atoms with Gasteiger partial charge in [0.2, 0.25) is 0 Å². The molecule has 0 aromatic heterocycles. The summed E-state index contributed by atoms with van der Waals surface area (Å²) in [5, 5.41) is 9.42. The van der Waals surface area contributed by atoms with E-state index in [4.69, 9.17) is 21.1 Å². The highest BCUT2D eigenvalue weighted by Gasteiger charge is 2.07. The van der Waals surface area contributed by atoms with Crippen LogP contribution in [0.15, 0.2) is 29.8 Å². The second-order valence-corrected chi connectivity index (χ2v) is 3.51. The Bertz CT molecular complexity index is 361. The minimum Gasteiger partial charge on any atom is -0.493 e. The van der Waals surface area contributed by atoms with Crippen molar-refractivity contribution in [3.05, 3.63) is 35.4 Å². The molecule has 88 valence electrons. The highest BCUT2D eigenvalue weighted by molar-refractivity contribution is 6.25. The number of hydrogen-bond acceptors (Lipinski definition) is 3. The number of rotatable bonds is 5. The monoisotopic (exact) mass is 242 g/mol. The van der Waals surface area contributed by atoms with Crippen LogP contribution in [0.1, 0.15) is 18.6 Å². The molecule has 4 heteroatoms. The Kier molecular flexibility index (Phi) is 5.15. The molecule has 0 heterocycles. The molecule has 0 bridgehead atoms. The maximum Gasteiger partial charge on any atom is 0.161 e. The summed E-state index contributed by atoms with van der Waals surface area (Å²) in [6.07, 6.45) is 1.16. The van der Waals surface area contributed by atoms with Crippen LogP contribution >= 0.6 is 11.6 Å². The van der Waals surface area contributed by atoms with Crippen LogP contribution in [0, 0.1) is 0 Å². The van der Waals surface area contributed by atoms with Crippen molar-refractivity contribution < 1.29 is 14.6 Å². The quantitative estimate of drug-likeness (QED) is 0.863. The highest BCUT2D eigenvalue weighted by Crippen LogP contribution is 2.30. The number of benzene rings is 1. The van der Waals surface area contributed by atoms with Gasteiger partial charge in [-0.2, -0.15) is 0 Å². The third kappa shape index (κ3) is 3.43. The van der Waals surface area contributed by atoms with E-state index in [1.54, 1.807) is 38.3 Å². The van der Waals surface area contributed by atoms with Gasteiger partial charge < -0.3 is 14.6 Å². The fourth-order valence-electron chi connectivity index (χ4n) is 1.24. The van der Waals surface area contributed by atoms with Crippen molar-refractivity contribution >= 4 is 11.6 Å². The summed E-state index contributed by atoms with van der Waals surface area (Å²) >= 11 is 5.38. The Morgan fingerprint density at radius 1 is 1.44 bits per heavy atom. The number of aliphatic hydroxyl groups is 1. The first-order chi connectivity index (χ1) is 7.69. The van der Waals surface area contributed by atoms with Crippen LogP contribution in [0.25, 0.3) is 0 Å². The van der Waals surface area contributed by atoms with Crippen molar-refractivity contribution in [2.45, 2.75) is 13.0 Å². The summed E-state index contributed by atoms with van der Waals surface area (Å²) in [7, 11) is 1.56. The fraction of sp³-hybridized carbons (Fsp3) is 0.333. The maximum atomic E-state index is 9.42. The normalized spacial score (nSPS) is 12.8. The van der Waals surface area contributed by atoms with Gasteiger partial charge in [-0.1, -0.05) is 17.7 Å². The van der Waals surface area contributed by atoms with E-state index in [1.807, 2.05) is 0 Å². The zero-order valence-electron chi connectivity index (χ0n) is 9.31. The Morgan fingerprint density at radius 3 is 2.75 bits per heavy atom. The third-order valence-electron chi connectivity index (χ3n) is 2.09. The lowest BCUT2D eigenvalue weighted by Gasteiger charge is -2.12. The fourth-order valence-corrected chi connectivity index (χ4v) is 1.31. The van der Waals surface area contributed by atoms with Gasteiger partial charge in [0.25, 0.3) is 0 Å². The van der Waals surface area contributed by atoms with Crippen LogP contribution < -0.4 is 9.47 Å². The lowest BCUT2D eigenvalue weighted by molar-refractivity contribution is 0.198. The molecule has 1 N–H and O–H groups in total. The average Bonchev–Trinajstić information content (AvgIpc) is 2.29. The average molecular weight is 243 g/mol. The molecule has 1 atom stereocenters. The zero-order chi connectivity index (χ0) is 12.0. The van der Waals surface area contributed by atoms with Crippen LogP contribution in [0.5, 0.6) is 11.5 Å². The SMILES string of the molecule is COc1cc([C@H](C)O)ccc1OCC=CCl. The van der Waals surface area contributed by atoms with E-state index in [-0.39, 0.29) is 0 Å². The van der Waals surface area contributed by atoms with Gasteiger partial charge in [-0.25, -0.2) is 0 Å². The predicted molar refractivity (Wildman–Crippen MR) is 64.1 cm³/mol. The van der Waals surface area contributed by atoms with Crippen molar-refractivity contribution in [2.24, 2.45) is 0 Å². The molecule has 16 heavy (non-hydrogen) atoms. The van der Waals surface area contributed by atoms with Crippen molar-refractivity contribution in [1.29, 1.82) is 0 Å². The van der Waals surface area contributed by atoms with Crippen LogP contribution in [-0.2, 0) is 0 Å². The predicted octanol–water partition coefficient (Wildman–Crippen LogP) is 2.88. The van der Waals surface area contributed by atoms with E-state index >= 15 is 0 Å². The minimum atomic E-state index is -0.523. The molecule has 0 spiro atoms. The molecule has 3 nitrogen and oxygen atoms in total. The second kappa shape index (κ2) is 6.40. The number of hydrogen-bond donors (Lipinski definition) is 1. The van der Waals surface area contributed by atoms with Gasteiger partial charge in [0, 0.05) is 5.54 Å². The lowest BCUT2D eigenvalue weighted by Crippen LogP contribution is -1.98. The summed E-state index contributed by atoms with van der Waals surface area (Å²) in [6.45, 7) is 2.08. The van der Waals surface area contributed by atoms with E-state index in [9.17, 15) is 5.11 Å². The Balaban J connectivity index is 2.84. The van der Waals surface area contributed by atoms with Gasteiger partial charge in [-0.3, -0.25) is 0 Å². The number of aliphatic hydroxyl groups excluding tert-OH is 1. The number of methoxy groups -OCH3 is 1. The van der Waals surface area contributed by atoms with Crippen molar-refractivity contribution in [1.82, 2.24) is 0 Å². The Labute approximate surface area is 100 Å². The summed E-state index contributed by atoms with van der Waals surface area (Å²) < 4.78 is 10.6. The molecule has 0 saturated heterocycles. The van der Waals surface area contributed by atoms with Crippen molar-refractivity contribution in [2.75, 3.05) is 13.7 Å². The third-order valence-corrected chi connectivity index (χ3v) is 2.27. The van der Waals surface area contributed by atoms with E-state index in [2.05, 4.69) is 0 Å². The minimum absolute atomic E-state index is 0.383. The number of ether oxygens (including phenoxy) is 2. The first-order valence-electron chi connectivity index (χ1n) is 4.93. The number of halogens is 1. The molecule has 0 amide bonds. The van der Waals surface area contributed by atoms with Crippen LogP contribution in [0.4, 0.5) is 0 Å². The molecule has 0 radical (unpaired) electrons. The summed E-state index contributed by atoms with van der Waals surface area (Å²) in [5.74, 6) is 1.23. The van der Waals surface area contributed by atoms with Gasteiger partial charge in [0.05, 0.1) is 13.2 Å². The molecular weight excluding hydrogens is 228 g/mol. The second-order valence-electron chi connectivity index (χ2n) is 3.26. The summed E-state index contributed by atoms with van der Waals surface area (Å²) in [4.78, 5) is 0. The van der Waals surface area contributed by atoms with Gasteiger partial charge in [0.1, 0.15) is 6.61 Å². The largest absolute Gasteiger partial charge is 0.493 e. The molecule has 0 unspecified atom stereocenters. The van der Waals surface area contributed by atoms with Gasteiger partial charge in [0.15, 0.2) is 11.5 Å². The van der Waals surface area contributed by atoms with Gasteiger partial charge in [-0.05, 0) is 30.7 Å². The Morgan fingerprint density at radius 2 is 2.19 bits per heavy atom. The molecule has 1 aromatic rings. The first-order valence-corrected chi connectivity index (χ1v) is 5.36. The van der Waals surface area contributed by atoms with E-state index in [0.717, 1.165) is 5.56 Å². The smallest absolute Gasteiger partial charge is 0.161 e. The van der Waals surface area contributed by atoms with E-state index in [1.165, 1.54) is 5.54 Å². The van der Waals surface area contributed by atoms with Crippen LogP contribution in [-0.4, -0.2) is 18.8 Å². The van der Waals surface area contributed by atoms with Crippen molar-refractivity contribution in [3.8, 4) is 11.5 Å². The topological polar surface area (TPSA) is 38.7 Å². The van der Waals surface area contributed by atoms with Crippen molar-refractivity contribution in [3.63, 3.8) is 0 Å². The zero-order valence-corrected chi connectivity index (χ0v) is 10.1. The van der Waals surface area contributed by atoms with Gasteiger partial charge >= 0.3 is 0 Å². The maximum absolute atomic E-state index is 9.42. The molecule has 0 aliphatic heterocycles. The molecule has 0 aliphatic rings. The molecule has 0 saturated carbocycles. The molecule has 1 rings (SSSR count). The molecule has 0 fully saturated rings. The first kappa shape index (κ1) is 12.9. The lowest BCUT2D eigenvalue weighted by atomic mass is 10.1. The highest BCUT2D eigenvalue weighted by atomic mass is 35.5. The Hall–Kier alpha value is -1.19. The van der Waals surface area contributed by atoms with Crippen LogP contribution in [0.2, 0.25) is 0 Å². The van der Waals surface area contributed by atoms with Gasteiger partial charge in [-0.15, -0.1) is 0 Å². The molecule has 1 aromatic carbocycles. The summed E-state index contributed by atoms with van der Waals surface area (Å²) in [6, 6.07) is 5.32. The van der Waals surface area contributed by atoms with E-state index in [0.29, 0.717) is 18.1 Å². The summed E-state index contributed by atoms with van der Waals surface area (Å²) in [5.41, 5.74) is 2.19. The molecule has 0 aliphatic carbocycles. The van der Waals surface area contributed by atoms with Crippen LogP contribution in [0.3, 0.4) is 0 Å².